The molecule has 2 aromatic carbocycles. The summed E-state index contributed by atoms with van der Waals surface area (Å²) in [6.07, 6.45) is 1.57. The topological polar surface area (TPSA) is 109 Å². The van der Waals surface area contributed by atoms with Crippen molar-refractivity contribution in [3.63, 3.8) is 0 Å². The van der Waals surface area contributed by atoms with Crippen LogP contribution in [0.3, 0.4) is 0 Å². The molecule has 1 heterocycles. The van der Waals surface area contributed by atoms with Crippen molar-refractivity contribution in [2.45, 2.75) is 31.4 Å². The molecule has 1 aliphatic heterocycles. The number of nitrogens with one attached hydrogen (secondary N) is 3. The molecule has 1 fully saturated rings. The molecule has 3 atom stereocenters. The maximum atomic E-state index is 13.0. The number of rotatable bonds is 12. The van der Waals surface area contributed by atoms with Crippen molar-refractivity contribution in [2.24, 2.45) is 5.92 Å². The van der Waals surface area contributed by atoms with Crippen LogP contribution in [0, 0.1) is 5.92 Å². The van der Waals surface area contributed by atoms with E-state index in [1.54, 1.807) is 24.3 Å². The van der Waals surface area contributed by atoms with E-state index < -0.39 is 12.2 Å². The summed E-state index contributed by atoms with van der Waals surface area (Å²) in [7, 11) is 1.91. The molecule has 2 amide bonds. The summed E-state index contributed by atoms with van der Waals surface area (Å²) in [6, 6.07) is 14.7. The lowest BCUT2D eigenvalue weighted by molar-refractivity contribution is 0.0478. The molecule has 1 aliphatic rings. The second kappa shape index (κ2) is 14.0. The predicted octanol–water partition coefficient (Wildman–Crippen LogP) is 3.85. The highest BCUT2D eigenvalue weighted by molar-refractivity contribution is 6.30. The zero-order valence-electron chi connectivity index (χ0n) is 20.0. The average molecular weight is 504 g/mol. The second-order valence-electron chi connectivity index (χ2n) is 8.68. The van der Waals surface area contributed by atoms with Crippen molar-refractivity contribution < 1.29 is 24.2 Å². The van der Waals surface area contributed by atoms with E-state index in [1.807, 2.05) is 31.3 Å². The Balaban J connectivity index is 1.67. The van der Waals surface area contributed by atoms with E-state index in [0.29, 0.717) is 23.0 Å². The number of benzene rings is 2. The van der Waals surface area contributed by atoms with Gasteiger partial charge in [-0.05, 0) is 67.6 Å². The number of amides is 2. The monoisotopic (exact) mass is 503 g/mol. The standard InChI is InChI=1S/C26H34ClN3O5/c1-28-23(13-18-5-4-11-34-17-18)16-30-25(31)21-8-2-6-19(14-21)24(35-12-10-29-26(32)33)20-7-3-9-22(27)15-20/h2-3,6-9,14-15,18,23-24,28-29H,4-5,10-13,16-17H2,1H3,(H,30,31)(H,32,33)/t18-,23-,24?/m1/s1. The maximum Gasteiger partial charge on any atom is 0.404 e. The van der Waals surface area contributed by atoms with Gasteiger partial charge in [0.25, 0.3) is 5.91 Å². The zero-order valence-corrected chi connectivity index (χ0v) is 20.7. The van der Waals surface area contributed by atoms with E-state index in [2.05, 4.69) is 16.0 Å². The average Bonchev–Trinajstić information content (AvgIpc) is 2.87. The molecule has 0 bridgehead atoms. The van der Waals surface area contributed by atoms with Crippen LogP contribution in [-0.2, 0) is 9.47 Å². The van der Waals surface area contributed by atoms with Gasteiger partial charge in [-0.2, -0.15) is 0 Å². The Bertz CT molecular complexity index is 968. The fraction of sp³-hybridized carbons (Fsp3) is 0.462. The highest BCUT2D eigenvalue weighted by atomic mass is 35.5. The summed E-state index contributed by atoms with van der Waals surface area (Å²) in [6.45, 7) is 2.44. The summed E-state index contributed by atoms with van der Waals surface area (Å²) in [5.74, 6) is 0.344. The van der Waals surface area contributed by atoms with Crippen molar-refractivity contribution in [3.8, 4) is 0 Å². The fourth-order valence-corrected chi connectivity index (χ4v) is 4.45. The van der Waals surface area contributed by atoms with Crippen LogP contribution in [-0.4, -0.2) is 63.1 Å². The van der Waals surface area contributed by atoms with E-state index in [9.17, 15) is 9.59 Å². The van der Waals surface area contributed by atoms with Gasteiger partial charge in [0.1, 0.15) is 6.10 Å². The van der Waals surface area contributed by atoms with Gasteiger partial charge in [-0.15, -0.1) is 0 Å². The van der Waals surface area contributed by atoms with Gasteiger partial charge < -0.3 is 30.5 Å². The third-order valence-electron chi connectivity index (χ3n) is 6.06. The van der Waals surface area contributed by atoms with Crippen molar-refractivity contribution in [2.75, 3.05) is 40.0 Å². The number of likely N-dealkylation sites (N-methyl/N-ethyl adjacent to an activating group) is 1. The van der Waals surface area contributed by atoms with Gasteiger partial charge in [0, 0.05) is 42.9 Å². The number of hydrogen-bond acceptors (Lipinski definition) is 5. The summed E-state index contributed by atoms with van der Waals surface area (Å²) in [5, 5.41) is 18.0. The van der Waals surface area contributed by atoms with Crippen LogP contribution < -0.4 is 16.0 Å². The first-order chi connectivity index (χ1) is 17.0. The Morgan fingerprint density at radius 3 is 2.63 bits per heavy atom. The molecule has 9 heteroatoms. The first-order valence-electron chi connectivity index (χ1n) is 11.9. The first-order valence-corrected chi connectivity index (χ1v) is 12.3. The highest BCUT2D eigenvalue weighted by Gasteiger charge is 2.20. The first kappa shape index (κ1) is 26.9. The van der Waals surface area contributed by atoms with E-state index in [0.717, 1.165) is 43.6 Å². The molecule has 3 rings (SSSR count). The lowest BCUT2D eigenvalue weighted by Crippen LogP contribution is -2.41. The Morgan fingerprint density at radius 2 is 1.94 bits per heavy atom. The lowest BCUT2D eigenvalue weighted by atomic mass is 9.94. The number of ether oxygens (including phenoxy) is 2. The Labute approximate surface area is 211 Å². The summed E-state index contributed by atoms with van der Waals surface area (Å²) in [4.78, 5) is 23.7. The third kappa shape index (κ3) is 8.81. The van der Waals surface area contributed by atoms with E-state index in [-0.39, 0.29) is 25.1 Å². The largest absolute Gasteiger partial charge is 0.465 e. The SMILES string of the molecule is CN[C@@H](CNC(=O)c1cccc(C(OCCNC(=O)O)c2cccc(Cl)c2)c1)C[C@H]1CCCOC1. The highest BCUT2D eigenvalue weighted by Crippen LogP contribution is 2.28. The van der Waals surface area contributed by atoms with Gasteiger partial charge in [-0.1, -0.05) is 35.9 Å². The van der Waals surface area contributed by atoms with Crippen LogP contribution in [0.25, 0.3) is 0 Å². The lowest BCUT2D eigenvalue weighted by Gasteiger charge is -2.26. The minimum atomic E-state index is -1.11. The molecule has 4 N–H and O–H groups in total. The van der Waals surface area contributed by atoms with E-state index in [1.165, 1.54) is 0 Å². The van der Waals surface area contributed by atoms with Gasteiger partial charge in [0.2, 0.25) is 0 Å². The van der Waals surface area contributed by atoms with Gasteiger partial charge in [-0.25, -0.2) is 4.79 Å². The fourth-order valence-electron chi connectivity index (χ4n) is 4.25. The predicted molar refractivity (Wildman–Crippen MR) is 135 cm³/mol. The number of hydrogen-bond donors (Lipinski definition) is 4. The number of carbonyl (C=O) groups is 2. The van der Waals surface area contributed by atoms with Crippen molar-refractivity contribution in [3.05, 3.63) is 70.2 Å². The molecule has 0 radical (unpaired) electrons. The van der Waals surface area contributed by atoms with Crippen LogP contribution in [0.2, 0.25) is 5.02 Å². The Hall–Kier alpha value is -2.65. The van der Waals surface area contributed by atoms with Crippen molar-refractivity contribution in [1.82, 2.24) is 16.0 Å². The van der Waals surface area contributed by atoms with Gasteiger partial charge in [-0.3, -0.25) is 4.79 Å². The molecule has 35 heavy (non-hydrogen) atoms. The van der Waals surface area contributed by atoms with Crippen LogP contribution in [0.15, 0.2) is 48.5 Å². The quantitative estimate of drug-likeness (QED) is 0.328. The van der Waals surface area contributed by atoms with E-state index in [4.69, 9.17) is 26.2 Å². The molecule has 1 unspecified atom stereocenters. The second-order valence-corrected chi connectivity index (χ2v) is 9.11. The smallest absolute Gasteiger partial charge is 0.404 e. The van der Waals surface area contributed by atoms with Crippen LogP contribution in [0.4, 0.5) is 4.79 Å². The van der Waals surface area contributed by atoms with E-state index >= 15 is 0 Å². The summed E-state index contributed by atoms with van der Waals surface area (Å²) >= 11 is 6.19. The molecule has 1 saturated heterocycles. The Kier molecular flexibility index (Phi) is 10.8. The molecule has 2 aromatic rings. The van der Waals surface area contributed by atoms with Gasteiger partial charge in [0.05, 0.1) is 6.61 Å². The van der Waals surface area contributed by atoms with Crippen molar-refractivity contribution >= 4 is 23.6 Å². The molecule has 0 spiro atoms. The van der Waals surface area contributed by atoms with Crippen LogP contribution >= 0.6 is 11.6 Å². The molecular formula is C26H34ClN3O5. The third-order valence-corrected chi connectivity index (χ3v) is 6.29. The van der Waals surface area contributed by atoms with Gasteiger partial charge >= 0.3 is 6.09 Å². The molecule has 0 saturated carbocycles. The van der Waals surface area contributed by atoms with Crippen molar-refractivity contribution in [1.29, 1.82) is 0 Å². The summed E-state index contributed by atoms with van der Waals surface area (Å²) in [5.41, 5.74) is 2.12. The number of carbonyl (C=O) groups excluding carboxylic acids is 1. The van der Waals surface area contributed by atoms with Gasteiger partial charge in [0.15, 0.2) is 0 Å². The minimum absolute atomic E-state index is 0.143. The molecule has 190 valence electrons. The maximum absolute atomic E-state index is 13.0. The van der Waals surface area contributed by atoms with Crippen LogP contribution in [0.5, 0.6) is 0 Å². The zero-order chi connectivity index (χ0) is 25.0. The molecule has 0 aromatic heterocycles. The number of carboxylic acid groups (broad SMARTS) is 1. The molecular weight excluding hydrogens is 470 g/mol. The Morgan fingerprint density at radius 1 is 1.17 bits per heavy atom. The molecule has 8 nitrogen and oxygen atoms in total. The summed E-state index contributed by atoms with van der Waals surface area (Å²) < 4.78 is 11.6. The number of halogens is 1. The normalized spacial score (nSPS) is 17.4. The minimum Gasteiger partial charge on any atom is -0.465 e. The molecule has 0 aliphatic carbocycles. The van der Waals surface area contributed by atoms with Crippen LogP contribution in [0.1, 0.15) is 46.9 Å².